The molecule has 1 aliphatic rings. The number of hydrogen-bond acceptors (Lipinski definition) is 4. The van der Waals surface area contributed by atoms with Gasteiger partial charge in [-0.3, -0.25) is 5.10 Å². The Labute approximate surface area is 132 Å². The topological polar surface area (TPSA) is 70.2 Å². The standard InChI is InChI=1S/C16H28N4O2/c1-12(14-7-9-17-19-14)18-13-6-5-10-20(11-8-13)15(21)22-16(2,3)4/h7,9,12-13,18H,5-6,8,10-11H2,1-4H3,(H,17,19). The van der Waals surface area contributed by atoms with Crippen molar-refractivity contribution in [1.82, 2.24) is 20.4 Å². The van der Waals surface area contributed by atoms with E-state index in [0.29, 0.717) is 6.04 Å². The van der Waals surface area contributed by atoms with Gasteiger partial charge in [-0.2, -0.15) is 5.10 Å². The summed E-state index contributed by atoms with van der Waals surface area (Å²) in [5.74, 6) is 0. The second kappa shape index (κ2) is 7.13. The normalized spacial score (nSPS) is 21.3. The fraction of sp³-hybridized carbons (Fsp3) is 0.750. The molecule has 2 heterocycles. The molecular weight excluding hydrogens is 280 g/mol. The van der Waals surface area contributed by atoms with Gasteiger partial charge in [-0.1, -0.05) is 0 Å². The number of aromatic amines is 1. The second-order valence-electron chi connectivity index (χ2n) is 7.00. The van der Waals surface area contributed by atoms with E-state index in [1.165, 1.54) is 0 Å². The molecule has 124 valence electrons. The molecule has 22 heavy (non-hydrogen) atoms. The van der Waals surface area contributed by atoms with Gasteiger partial charge in [0.1, 0.15) is 5.60 Å². The molecule has 0 aromatic carbocycles. The molecular formula is C16H28N4O2. The minimum absolute atomic E-state index is 0.199. The zero-order valence-electron chi connectivity index (χ0n) is 14.1. The van der Waals surface area contributed by atoms with Crippen LogP contribution in [0.3, 0.4) is 0 Å². The van der Waals surface area contributed by atoms with Crippen LogP contribution in [-0.4, -0.2) is 45.9 Å². The summed E-state index contributed by atoms with van der Waals surface area (Å²) >= 11 is 0. The van der Waals surface area contributed by atoms with Gasteiger partial charge in [0, 0.05) is 31.4 Å². The molecule has 0 radical (unpaired) electrons. The van der Waals surface area contributed by atoms with Crippen molar-refractivity contribution < 1.29 is 9.53 Å². The maximum Gasteiger partial charge on any atom is 0.410 e. The number of nitrogens with zero attached hydrogens (tertiary/aromatic N) is 2. The van der Waals surface area contributed by atoms with E-state index in [0.717, 1.165) is 38.0 Å². The molecule has 2 N–H and O–H groups in total. The highest BCUT2D eigenvalue weighted by Crippen LogP contribution is 2.18. The first-order valence-corrected chi connectivity index (χ1v) is 8.08. The van der Waals surface area contributed by atoms with E-state index in [2.05, 4.69) is 22.4 Å². The lowest BCUT2D eigenvalue weighted by atomic mass is 10.1. The molecule has 6 nitrogen and oxygen atoms in total. The van der Waals surface area contributed by atoms with Crippen LogP contribution in [-0.2, 0) is 4.74 Å². The third-order valence-corrected chi connectivity index (χ3v) is 3.85. The predicted molar refractivity (Wildman–Crippen MR) is 85.6 cm³/mol. The molecule has 6 heteroatoms. The molecule has 0 saturated carbocycles. The lowest BCUT2D eigenvalue weighted by Crippen LogP contribution is -2.38. The maximum atomic E-state index is 12.2. The van der Waals surface area contributed by atoms with Crippen molar-refractivity contribution in [2.24, 2.45) is 0 Å². The SMILES string of the molecule is CC(NC1CCCN(C(=O)OC(C)(C)C)CC1)c1ccn[nH]1. The highest BCUT2D eigenvalue weighted by atomic mass is 16.6. The van der Waals surface area contributed by atoms with Crippen LogP contribution in [0.25, 0.3) is 0 Å². The number of carbonyl (C=O) groups excluding carboxylic acids is 1. The van der Waals surface area contributed by atoms with Gasteiger partial charge < -0.3 is 15.0 Å². The number of likely N-dealkylation sites (tertiary alicyclic amines) is 1. The van der Waals surface area contributed by atoms with Gasteiger partial charge in [-0.25, -0.2) is 4.79 Å². The van der Waals surface area contributed by atoms with Crippen molar-refractivity contribution >= 4 is 6.09 Å². The summed E-state index contributed by atoms with van der Waals surface area (Å²) in [6, 6.07) is 2.63. The molecule has 0 spiro atoms. The second-order valence-corrected chi connectivity index (χ2v) is 7.00. The van der Waals surface area contributed by atoms with E-state index in [-0.39, 0.29) is 12.1 Å². The van der Waals surface area contributed by atoms with Crippen molar-refractivity contribution in [3.8, 4) is 0 Å². The first-order valence-electron chi connectivity index (χ1n) is 8.08. The summed E-state index contributed by atoms with van der Waals surface area (Å²) < 4.78 is 5.46. The smallest absolute Gasteiger partial charge is 0.410 e. The van der Waals surface area contributed by atoms with Gasteiger partial charge in [0.2, 0.25) is 0 Å². The van der Waals surface area contributed by atoms with Crippen molar-refractivity contribution in [3.05, 3.63) is 18.0 Å². The molecule has 0 bridgehead atoms. The molecule has 1 aromatic heterocycles. The first-order chi connectivity index (χ1) is 10.3. The van der Waals surface area contributed by atoms with Crippen LogP contribution < -0.4 is 5.32 Å². The van der Waals surface area contributed by atoms with E-state index >= 15 is 0 Å². The Kier molecular flexibility index (Phi) is 5.45. The summed E-state index contributed by atoms with van der Waals surface area (Å²) in [4.78, 5) is 14.0. The average Bonchev–Trinajstić information content (AvgIpc) is 2.84. The fourth-order valence-electron chi connectivity index (χ4n) is 2.72. The van der Waals surface area contributed by atoms with Crippen molar-refractivity contribution in [2.45, 2.75) is 64.6 Å². The van der Waals surface area contributed by atoms with E-state index in [1.807, 2.05) is 31.7 Å². The lowest BCUT2D eigenvalue weighted by molar-refractivity contribution is 0.0256. The largest absolute Gasteiger partial charge is 0.444 e. The summed E-state index contributed by atoms with van der Waals surface area (Å²) in [6.45, 7) is 9.34. The van der Waals surface area contributed by atoms with Crippen LogP contribution >= 0.6 is 0 Å². The Morgan fingerprint density at radius 2 is 2.23 bits per heavy atom. The minimum atomic E-state index is -0.434. The fourth-order valence-corrected chi connectivity index (χ4v) is 2.72. The molecule has 1 aromatic rings. The molecule has 1 fully saturated rings. The summed E-state index contributed by atoms with van der Waals surface area (Å²) in [7, 11) is 0. The number of aromatic nitrogens is 2. The van der Waals surface area contributed by atoms with Gasteiger partial charge in [-0.15, -0.1) is 0 Å². The third kappa shape index (κ3) is 5.02. The molecule has 1 saturated heterocycles. The van der Waals surface area contributed by atoms with Crippen LogP contribution in [0.15, 0.2) is 12.3 Å². The van der Waals surface area contributed by atoms with E-state index in [9.17, 15) is 4.79 Å². The lowest BCUT2D eigenvalue weighted by Gasteiger charge is -2.26. The molecule has 1 aliphatic heterocycles. The first kappa shape index (κ1) is 16.8. The van der Waals surface area contributed by atoms with Crippen molar-refractivity contribution in [1.29, 1.82) is 0 Å². The Hall–Kier alpha value is -1.56. The molecule has 1 amide bonds. The monoisotopic (exact) mass is 308 g/mol. The van der Waals surface area contributed by atoms with E-state index < -0.39 is 5.60 Å². The highest BCUT2D eigenvalue weighted by Gasteiger charge is 2.25. The summed E-state index contributed by atoms with van der Waals surface area (Å²) in [5, 5.41) is 10.6. The number of amides is 1. The Morgan fingerprint density at radius 3 is 2.86 bits per heavy atom. The quantitative estimate of drug-likeness (QED) is 0.901. The highest BCUT2D eigenvalue weighted by molar-refractivity contribution is 5.68. The zero-order valence-corrected chi connectivity index (χ0v) is 14.1. The average molecular weight is 308 g/mol. The van der Waals surface area contributed by atoms with Gasteiger partial charge >= 0.3 is 6.09 Å². The van der Waals surface area contributed by atoms with Crippen LogP contribution in [0.2, 0.25) is 0 Å². The van der Waals surface area contributed by atoms with E-state index in [4.69, 9.17) is 4.74 Å². The van der Waals surface area contributed by atoms with Crippen LogP contribution in [0.5, 0.6) is 0 Å². The van der Waals surface area contributed by atoms with Gasteiger partial charge in [0.25, 0.3) is 0 Å². The van der Waals surface area contributed by atoms with Gasteiger partial charge in [0.15, 0.2) is 0 Å². The molecule has 0 aliphatic carbocycles. The van der Waals surface area contributed by atoms with Crippen molar-refractivity contribution in [3.63, 3.8) is 0 Å². The Balaban J connectivity index is 1.83. The predicted octanol–water partition coefficient (Wildman–Crippen LogP) is 2.85. The van der Waals surface area contributed by atoms with Gasteiger partial charge in [-0.05, 0) is 53.0 Å². The number of H-pyrrole nitrogens is 1. The zero-order chi connectivity index (χ0) is 16.2. The number of carbonyl (C=O) groups is 1. The minimum Gasteiger partial charge on any atom is -0.444 e. The van der Waals surface area contributed by atoms with E-state index in [1.54, 1.807) is 6.20 Å². The Bertz CT molecular complexity index is 467. The number of ether oxygens (including phenoxy) is 1. The third-order valence-electron chi connectivity index (χ3n) is 3.85. The maximum absolute atomic E-state index is 12.2. The Morgan fingerprint density at radius 1 is 1.45 bits per heavy atom. The van der Waals surface area contributed by atoms with Crippen LogP contribution in [0.1, 0.15) is 58.7 Å². The molecule has 2 rings (SSSR count). The molecule has 2 unspecified atom stereocenters. The van der Waals surface area contributed by atoms with Gasteiger partial charge in [0.05, 0.1) is 5.69 Å². The summed E-state index contributed by atoms with van der Waals surface area (Å²) in [6.07, 6.45) is 4.57. The number of hydrogen-bond donors (Lipinski definition) is 2. The summed E-state index contributed by atoms with van der Waals surface area (Å²) in [5.41, 5.74) is 0.657. The number of rotatable bonds is 3. The van der Waals surface area contributed by atoms with Crippen LogP contribution in [0.4, 0.5) is 4.79 Å². The molecule has 2 atom stereocenters. The van der Waals surface area contributed by atoms with Crippen molar-refractivity contribution in [2.75, 3.05) is 13.1 Å². The number of nitrogens with one attached hydrogen (secondary N) is 2. The van der Waals surface area contributed by atoms with Crippen LogP contribution in [0, 0.1) is 0 Å².